The third-order valence-corrected chi connectivity index (χ3v) is 3.28. The highest BCUT2D eigenvalue weighted by Gasteiger charge is 2.08. The minimum absolute atomic E-state index is 0.831. The standard InChI is InChI=1S/C16H21N3S/c1-13-5-3-7-15(17-13)11-19(9-10-20)12-16-8-4-6-14(2)18-16/h3-8,20H,9-12H2,1-2H3. The van der Waals surface area contributed by atoms with Crippen LogP contribution in [0.15, 0.2) is 36.4 Å². The second-order valence-electron chi connectivity index (χ2n) is 4.97. The topological polar surface area (TPSA) is 29.0 Å². The van der Waals surface area contributed by atoms with E-state index in [1.807, 2.05) is 26.0 Å². The van der Waals surface area contributed by atoms with Crippen LogP contribution < -0.4 is 0 Å². The number of aromatic nitrogens is 2. The Morgan fingerprint density at radius 2 is 1.40 bits per heavy atom. The smallest absolute Gasteiger partial charge is 0.0547 e. The number of hydrogen-bond acceptors (Lipinski definition) is 4. The summed E-state index contributed by atoms with van der Waals surface area (Å²) in [5.74, 6) is 0.831. The molecule has 0 N–H and O–H groups in total. The quantitative estimate of drug-likeness (QED) is 0.828. The number of aryl methyl sites for hydroxylation is 2. The van der Waals surface area contributed by atoms with Gasteiger partial charge in [-0.2, -0.15) is 12.6 Å². The number of pyridine rings is 2. The first-order valence-corrected chi connectivity index (χ1v) is 7.49. The molecule has 0 bridgehead atoms. The molecular weight excluding hydrogens is 266 g/mol. The minimum Gasteiger partial charge on any atom is -0.291 e. The molecule has 3 nitrogen and oxygen atoms in total. The fraction of sp³-hybridized carbons (Fsp3) is 0.375. The van der Waals surface area contributed by atoms with Gasteiger partial charge in [0.05, 0.1) is 11.4 Å². The molecule has 0 saturated carbocycles. The Morgan fingerprint density at radius 1 is 0.900 bits per heavy atom. The minimum atomic E-state index is 0.831. The highest BCUT2D eigenvalue weighted by Crippen LogP contribution is 2.08. The van der Waals surface area contributed by atoms with Crippen molar-refractivity contribution in [2.75, 3.05) is 12.3 Å². The van der Waals surface area contributed by atoms with Crippen LogP contribution in [0.2, 0.25) is 0 Å². The summed E-state index contributed by atoms with van der Waals surface area (Å²) >= 11 is 4.35. The predicted molar refractivity (Wildman–Crippen MR) is 85.9 cm³/mol. The van der Waals surface area contributed by atoms with Crippen LogP contribution >= 0.6 is 12.6 Å². The maximum absolute atomic E-state index is 4.57. The van der Waals surface area contributed by atoms with Gasteiger partial charge in [-0.3, -0.25) is 14.9 Å². The van der Waals surface area contributed by atoms with Crippen LogP contribution in [-0.4, -0.2) is 27.2 Å². The van der Waals surface area contributed by atoms with Crippen LogP contribution in [0.3, 0.4) is 0 Å². The zero-order chi connectivity index (χ0) is 14.4. The van der Waals surface area contributed by atoms with E-state index in [2.05, 4.69) is 51.8 Å². The Morgan fingerprint density at radius 3 is 1.80 bits per heavy atom. The lowest BCUT2D eigenvalue weighted by Crippen LogP contribution is -2.26. The number of nitrogens with zero attached hydrogens (tertiary/aromatic N) is 3. The van der Waals surface area contributed by atoms with Crippen molar-refractivity contribution in [2.24, 2.45) is 0 Å². The maximum Gasteiger partial charge on any atom is 0.0547 e. The van der Waals surface area contributed by atoms with Crippen LogP contribution in [0.25, 0.3) is 0 Å². The largest absolute Gasteiger partial charge is 0.291 e. The van der Waals surface area contributed by atoms with Crippen molar-refractivity contribution >= 4 is 12.6 Å². The molecule has 0 spiro atoms. The fourth-order valence-electron chi connectivity index (χ4n) is 2.19. The van der Waals surface area contributed by atoms with E-state index >= 15 is 0 Å². The third-order valence-electron chi connectivity index (χ3n) is 3.08. The SMILES string of the molecule is Cc1cccc(CN(CCS)Cc2cccc(C)n2)n1. The zero-order valence-electron chi connectivity index (χ0n) is 12.1. The molecule has 2 aromatic rings. The van der Waals surface area contributed by atoms with E-state index in [1.165, 1.54) is 0 Å². The third kappa shape index (κ3) is 4.62. The number of hydrogen-bond donors (Lipinski definition) is 1. The van der Waals surface area contributed by atoms with Crippen molar-refractivity contribution in [3.8, 4) is 0 Å². The lowest BCUT2D eigenvalue weighted by atomic mass is 10.2. The average Bonchev–Trinajstić information content (AvgIpc) is 2.39. The lowest BCUT2D eigenvalue weighted by molar-refractivity contribution is 0.267. The van der Waals surface area contributed by atoms with E-state index in [0.717, 1.165) is 48.2 Å². The monoisotopic (exact) mass is 287 g/mol. The average molecular weight is 287 g/mol. The second kappa shape index (κ2) is 7.41. The summed E-state index contributed by atoms with van der Waals surface area (Å²) in [7, 11) is 0. The van der Waals surface area contributed by atoms with Gasteiger partial charge in [-0.05, 0) is 38.1 Å². The molecule has 2 heterocycles. The van der Waals surface area contributed by atoms with Crippen molar-refractivity contribution in [1.82, 2.24) is 14.9 Å². The van der Waals surface area contributed by atoms with Crippen molar-refractivity contribution in [3.63, 3.8) is 0 Å². The Bertz CT molecular complexity index is 509. The van der Waals surface area contributed by atoms with E-state index in [9.17, 15) is 0 Å². The summed E-state index contributed by atoms with van der Waals surface area (Å²) in [5, 5.41) is 0. The Hall–Kier alpha value is -1.39. The van der Waals surface area contributed by atoms with E-state index < -0.39 is 0 Å². The van der Waals surface area contributed by atoms with Crippen molar-refractivity contribution in [3.05, 3.63) is 59.2 Å². The molecule has 2 rings (SSSR count). The Labute approximate surface area is 126 Å². The Balaban J connectivity index is 2.07. The van der Waals surface area contributed by atoms with Crippen LogP contribution in [0.5, 0.6) is 0 Å². The van der Waals surface area contributed by atoms with Gasteiger partial charge in [0, 0.05) is 36.8 Å². The molecule has 4 heteroatoms. The molecule has 0 atom stereocenters. The zero-order valence-corrected chi connectivity index (χ0v) is 13.0. The van der Waals surface area contributed by atoms with Gasteiger partial charge in [-0.15, -0.1) is 0 Å². The molecule has 0 aliphatic rings. The van der Waals surface area contributed by atoms with E-state index in [0.29, 0.717) is 0 Å². The van der Waals surface area contributed by atoms with Gasteiger partial charge in [0.15, 0.2) is 0 Å². The normalized spacial score (nSPS) is 11.0. The van der Waals surface area contributed by atoms with Crippen molar-refractivity contribution in [1.29, 1.82) is 0 Å². The first-order valence-electron chi connectivity index (χ1n) is 6.85. The van der Waals surface area contributed by atoms with Gasteiger partial charge in [0.1, 0.15) is 0 Å². The van der Waals surface area contributed by atoms with Crippen LogP contribution in [0.4, 0.5) is 0 Å². The highest BCUT2D eigenvalue weighted by molar-refractivity contribution is 7.80. The molecule has 0 radical (unpaired) electrons. The molecule has 2 aromatic heterocycles. The van der Waals surface area contributed by atoms with Crippen LogP contribution in [0, 0.1) is 13.8 Å². The summed E-state index contributed by atoms with van der Waals surface area (Å²) in [6.07, 6.45) is 0. The maximum atomic E-state index is 4.57. The van der Waals surface area contributed by atoms with Gasteiger partial charge in [-0.1, -0.05) is 12.1 Å². The first kappa shape index (κ1) is 15.0. The van der Waals surface area contributed by atoms with Crippen LogP contribution in [-0.2, 0) is 13.1 Å². The van der Waals surface area contributed by atoms with E-state index in [4.69, 9.17) is 0 Å². The number of thiol groups is 1. The molecule has 106 valence electrons. The molecular formula is C16H21N3S. The van der Waals surface area contributed by atoms with Gasteiger partial charge < -0.3 is 0 Å². The van der Waals surface area contributed by atoms with Gasteiger partial charge in [0.25, 0.3) is 0 Å². The molecule has 20 heavy (non-hydrogen) atoms. The second-order valence-corrected chi connectivity index (χ2v) is 5.42. The summed E-state index contributed by atoms with van der Waals surface area (Å²) < 4.78 is 0. The summed E-state index contributed by atoms with van der Waals surface area (Å²) in [5.41, 5.74) is 4.31. The van der Waals surface area contributed by atoms with Crippen molar-refractivity contribution < 1.29 is 0 Å². The molecule has 0 unspecified atom stereocenters. The lowest BCUT2D eigenvalue weighted by Gasteiger charge is -2.21. The summed E-state index contributed by atoms with van der Waals surface area (Å²) in [6, 6.07) is 12.3. The summed E-state index contributed by atoms with van der Waals surface area (Å²) in [4.78, 5) is 11.5. The fourth-order valence-corrected chi connectivity index (χ4v) is 2.47. The van der Waals surface area contributed by atoms with Crippen LogP contribution in [0.1, 0.15) is 22.8 Å². The highest BCUT2D eigenvalue weighted by atomic mass is 32.1. The van der Waals surface area contributed by atoms with E-state index in [-0.39, 0.29) is 0 Å². The van der Waals surface area contributed by atoms with Gasteiger partial charge in [-0.25, -0.2) is 0 Å². The molecule has 0 aromatic carbocycles. The summed E-state index contributed by atoms with van der Waals surface area (Å²) in [6.45, 7) is 6.63. The van der Waals surface area contributed by atoms with Gasteiger partial charge in [0.2, 0.25) is 0 Å². The predicted octanol–water partition coefficient (Wildman–Crippen LogP) is 3.03. The molecule has 0 saturated heterocycles. The molecule has 0 amide bonds. The molecule has 0 fully saturated rings. The Kier molecular flexibility index (Phi) is 5.56. The van der Waals surface area contributed by atoms with Gasteiger partial charge >= 0.3 is 0 Å². The van der Waals surface area contributed by atoms with E-state index in [1.54, 1.807) is 0 Å². The molecule has 0 aliphatic heterocycles. The van der Waals surface area contributed by atoms with Crippen molar-refractivity contribution in [2.45, 2.75) is 26.9 Å². The number of rotatable bonds is 6. The first-order chi connectivity index (χ1) is 9.67. The molecule has 0 aliphatic carbocycles.